The maximum Gasteiger partial charge on any atom is 0.278 e. The van der Waals surface area contributed by atoms with Gasteiger partial charge in [0.25, 0.3) is 5.56 Å². The van der Waals surface area contributed by atoms with Gasteiger partial charge in [-0.15, -0.1) is 6.58 Å². The molecule has 39 heavy (non-hydrogen) atoms. The number of pyridine rings is 1. The lowest BCUT2D eigenvalue weighted by molar-refractivity contribution is 0.313. The molecule has 1 fully saturated rings. The van der Waals surface area contributed by atoms with E-state index in [4.69, 9.17) is 9.97 Å². The van der Waals surface area contributed by atoms with Gasteiger partial charge in [-0.1, -0.05) is 6.08 Å². The number of likely N-dealkylation sites (N-methyl/N-ethyl adjacent to an activating group) is 1. The predicted molar refractivity (Wildman–Crippen MR) is 154 cm³/mol. The molecule has 1 aromatic carbocycles. The van der Waals surface area contributed by atoms with E-state index < -0.39 is 0 Å². The summed E-state index contributed by atoms with van der Waals surface area (Å²) in [5.41, 5.74) is 3.87. The molecule has 0 unspecified atom stereocenters. The van der Waals surface area contributed by atoms with Crippen LogP contribution in [0.1, 0.15) is 19.9 Å². The second-order valence-corrected chi connectivity index (χ2v) is 10.1. The fourth-order valence-electron chi connectivity index (χ4n) is 4.95. The highest BCUT2D eigenvalue weighted by Crippen LogP contribution is 2.23. The van der Waals surface area contributed by atoms with Crippen molar-refractivity contribution in [2.75, 3.05) is 43.4 Å². The van der Waals surface area contributed by atoms with Crippen LogP contribution in [0.5, 0.6) is 0 Å². The first-order valence-electron chi connectivity index (χ1n) is 13.2. The molecule has 4 aromatic heterocycles. The van der Waals surface area contributed by atoms with Gasteiger partial charge < -0.3 is 19.7 Å². The summed E-state index contributed by atoms with van der Waals surface area (Å²) in [6, 6.07) is 12.2. The lowest BCUT2D eigenvalue weighted by Gasteiger charge is -2.34. The van der Waals surface area contributed by atoms with E-state index in [-0.39, 0.29) is 11.6 Å². The zero-order valence-electron chi connectivity index (χ0n) is 22.4. The van der Waals surface area contributed by atoms with E-state index in [1.54, 1.807) is 28.0 Å². The van der Waals surface area contributed by atoms with Crippen LogP contribution in [-0.4, -0.2) is 72.0 Å². The molecular weight excluding hydrogens is 492 g/mol. The van der Waals surface area contributed by atoms with Gasteiger partial charge in [-0.3, -0.25) is 4.79 Å². The third-order valence-corrected chi connectivity index (χ3v) is 7.15. The number of benzene rings is 1. The number of hydrogen-bond donors (Lipinski definition) is 1. The van der Waals surface area contributed by atoms with Gasteiger partial charge in [-0.2, -0.15) is 4.98 Å². The first-order valence-corrected chi connectivity index (χ1v) is 13.2. The van der Waals surface area contributed by atoms with Crippen LogP contribution in [0.25, 0.3) is 28.0 Å². The molecule has 11 heteroatoms. The lowest BCUT2D eigenvalue weighted by atomic mass is 10.2. The molecule has 200 valence electrons. The van der Waals surface area contributed by atoms with Crippen molar-refractivity contribution in [1.29, 1.82) is 0 Å². The molecule has 1 saturated heterocycles. The molecular formula is C28H32N10O. The number of anilines is 3. The minimum atomic E-state index is -0.202. The number of allylic oxidation sites excluding steroid dienone is 1. The van der Waals surface area contributed by atoms with E-state index in [9.17, 15) is 4.79 Å². The largest absolute Gasteiger partial charge is 0.369 e. The predicted octanol–water partition coefficient (Wildman–Crippen LogP) is 3.59. The summed E-state index contributed by atoms with van der Waals surface area (Å²) in [7, 11) is 2.15. The van der Waals surface area contributed by atoms with Gasteiger partial charge >= 0.3 is 0 Å². The number of nitrogens with zero attached hydrogens (tertiary/aromatic N) is 9. The van der Waals surface area contributed by atoms with Gasteiger partial charge in [0.05, 0.1) is 12.9 Å². The highest BCUT2D eigenvalue weighted by Gasteiger charge is 2.19. The maximum atomic E-state index is 13.3. The number of nitrogens with one attached hydrogen (secondary N) is 1. The summed E-state index contributed by atoms with van der Waals surface area (Å²) in [5.74, 6) is 0.965. The molecule has 6 rings (SSSR count). The first kappa shape index (κ1) is 24.8. The standard InChI is InChI=1S/C28H32N10O/c1-5-12-37-27(39)22-17-29-28(31-20-6-8-21(9-7-20)35-15-13-34(4)14-16-35)33-25(22)38(37)24-11-10-23-26(32-24)36(18-30-23)19(2)3/h5-11,17-19H,1,12-16H2,2-4H3,(H,29,31,33). The number of aromatic nitrogens is 7. The van der Waals surface area contributed by atoms with Crippen LogP contribution in [0.4, 0.5) is 17.3 Å². The molecule has 0 radical (unpaired) electrons. The van der Waals surface area contributed by atoms with Crippen molar-refractivity contribution in [3.05, 3.63) is 71.9 Å². The molecule has 0 atom stereocenters. The van der Waals surface area contributed by atoms with Gasteiger partial charge in [-0.05, 0) is 57.3 Å². The van der Waals surface area contributed by atoms with Crippen molar-refractivity contribution in [1.82, 2.24) is 38.8 Å². The summed E-state index contributed by atoms with van der Waals surface area (Å²) in [5, 5.41) is 3.70. The zero-order valence-corrected chi connectivity index (χ0v) is 22.4. The third-order valence-electron chi connectivity index (χ3n) is 7.15. The summed E-state index contributed by atoms with van der Waals surface area (Å²) in [6.07, 6.45) is 5.04. The topological polar surface area (TPSA) is 102 Å². The molecule has 0 aliphatic carbocycles. The Labute approximate surface area is 226 Å². The highest BCUT2D eigenvalue weighted by atomic mass is 16.1. The fourth-order valence-corrected chi connectivity index (χ4v) is 4.95. The summed E-state index contributed by atoms with van der Waals surface area (Å²) < 4.78 is 5.32. The third kappa shape index (κ3) is 4.54. The van der Waals surface area contributed by atoms with Crippen molar-refractivity contribution >= 4 is 39.5 Å². The molecule has 1 N–H and O–H groups in total. The van der Waals surface area contributed by atoms with Crippen molar-refractivity contribution in [3.8, 4) is 5.82 Å². The number of piperazine rings is 1. The molecule has 0 bridgehead atoms. The number of imidazole rings is 1. The normalized spacial score (nSPS) is 14.5. The van der Waals surface area contributed by atoms with E-state index in [0.29, 0.717) is 29.3 Å². The van der Waals surface area contributed by atoms with E-state index in [0.717, 1.165) is 43.0 Å². The Hall–Kier alpha value is -4.51. The molecule has 0 saturated carbocycles. The molecule has 1 aliphatic rings. The number of hydrogen-bond acceptors (Lipinski definition) is 8. The van der Waals surface area contributed by atoms with Crippen molar-refractivity contribution in [3.63, 3.8) is 0 Å². The maximum absolute atomic E-state index is 13.3. The monoisotopic (exact) mass is 524 g/mol. The molecule has 5 aromatic rings. The van der Waals surface area contributed by atoms with E-state index in [1.807, 2.05) is 28.8 Å². The summed E-state index contributed by atoms with van der Waals surface area (Å²) in [6.45, 7) is 12.4. The Bertz CT molecular complexity index is 1700. The van der Waals surface area contributed by atoms with E-state index in [2.05, 4.69) is 64.7 Å². The van der Waals surface area contributed by atoms with Crippen LogP contribution in [0.15, 0.2) is 66.4 Å². The molecule has 11 nitrogen and oxygen atoms in total. The highest BCUT2D eigenvalue weighted by molar-refractivity contribution is 5.78. The van der Waals surface area contributed by atoms with Gasteiger partial charge in [0, 0.05) is 49.8 Å². The van der Waals surface area contributed by atoms with Crippen molar-refractivity contribution < 1.29 is 0 Å². The van der Waals surface area contributed by atoms with Crippen LogP contribution in [0, 0.1) is 0 Å². The number of rotatable bonds is 7. The average molecular weight is 525 g/mol. The Kier molecular flexibility index (Phi) is 6.35. The van der Waals surface area contributed by atoms with E-state index in [1.165, 1.54) is 5.69 Å². The SMILES string of the molecule is C=CCn1c(=O)c2cnc(Nc3ccc(N4CCN(C)CC4)cc3)nc2n1-c1ccc2ncn(C(C)C)c2n1. The lowest BCUT2D eigenvalue weighted by Crippen LogP contribution is -2.44. The Morgan fingerprint density at radius 2 is 1.77 bits per heavy atom. The van der Waals surface area contributed by atoms with Gasteiger partial charge in [0.2, 0.25) is 5.95 Å². The smallest absolute Gasteiger partial charge is 0.278 e. The molecule has 5 heterocycles. The fraction of sp³-hybridized carbons (Fsp3) is 0.321. The quantitative estimate of drug-likeness (QED) is 0.322. The zero-order chi connectivity index (χ0) is 27.1. The minimum absolute atomic E-state index is 0.190. The molecule has 0 amide bonds. The Morgan fingerprint density at radius 3 is 2.49 bits per heavy atom. The second kappa shape index (κ2) is 9.99. The van der Waals surface area contributed by atoms with Gasteiger partial charge in [-0.25, -0.2) is 24.3 Å². The van der Waals surface area contributed by atoms with Crippen molar-refractivity contribution in [2.45, 2.75) is 26.4 Å². The van der Waals surface area contributed by atoms with Gasteiger partial charge in [0.15, 0.2) is 17.1 Å². The van der Waals surface area contributed by atoms with Crippen LogP contribution >= 0.6 is 0 Å². The van der Waals surface area contributed by atoms with Gasteiger partial charge in [0.1, 0.15) is 10.9 Å². The average Bonchev–Trinajstić information content (AvgIpc) is 3.48. The summed E-state index contributed by atoms with van der Waals surface area (Å²) in [4.78, 5) is 36.6. The Morgan fingerprint density at radius 1 is 1.00 bits per heavy atom. The summed E-state index contributed by atoms with van der Waals surface area (Å²) >= 11 is 0. The van der Waals surface area contributed by atoms with Crippen molar-refractivity contribution in [2.24, 2.45) is 0 Å². The van der Waals surface area contributed by atoms with E-state index >= 15 is 0 Å². The number of fused-ring (bicyclic) bond motifs is 2. The Balaban J connectivity index is 1.37. The molecule has 1 aliphatic heterocycles. The van der Waals surface area contributed by atoms with Crippen LogP contribution in [0.2, 0.25) is 0 Å². The van der Waals surface area contributed by atoms with Crippen LogP contribution in [-0.2, 0) is 6.54 Å². The van der Waals surface area contributed by atoms with Crippen LogP contribution < -0.4 is 15.8 Å². The first-order chi connectivity index (χ1) is 18.9. The van der Waals surface area contributed by atoms with Crippen LogP contribution in [0.3, 0.4) is 0 Å². The molecule has 0 spiro atoms. The second-order valence-electron chi connectivity index (χ2n) is 10.1. The minimum Gasteiger partial charge on any atom is -0.369 e.